The molecule has 0 saturated carbocycles. The van der Waals surface area contributed by atoms with E-state index < -0.39 is 0 Å². The highest BCUT2D eigenvalue weighted by atomic mass is 16.1. The Kier molecular flexibility index (Phi) is 4.59. The molecular weight excluding hydrogens is 328 g/mol. The summed E-state index contributed by atoms with van der Waals surface area (Å²) >= 11 is 0. The average Bonchev–Trinajstić information content (AvgIpc) is 3.24. The molecule has 1 aliphatic heterocycles. The monoisotopic (exact) mass is 348 g/mol. The number of carbonyl (C=O) groups is 1. The minimum Gasteiger partial charge on any atom is -0.372 e. The van der Waals surface area contributed by atoms with Crippen molar-refractivity contribution in [1.82, 2.24) is 20.2 Å². The maximum Gasteiger partial charge on any atom is 0.255 e. The summed E-state index contributed by atoms with van der Waals surface area (Å²) < 4.78 is 1.52. The molecule has 0 bridgehead atoms. The number of tetrazole rings is 1. The van der Waals surface area contributed by atoms with Gasteiger partial charge in [-0.25, -0.2) is 4.68 Å². The summed E-state index contributed by atoms with van der Waals surface area (Å²) in [5.74, 6) is -0.161. The number of hydrogen-bond acceptors (Lipinski definition) is 5. The number of piperidine rings is 1. The van der Waals surface area contributed by atoms with Crippen LogP contribution in [0.15, 0.2) is 54.9 Å². The largest absolute Gasteiger partial charge is 0.372 e. The maximum absolute atomic E-state index is 12.5. The third kappa shape index (κ3) is 3.56. The summed E-state index contributed by atoms with van der Waals surface area (Å²) in [6.45, 7) is 2.21. The predicted molar refractivity (Wildman–Crippen MR) is 99.6 cm³/mol. The third-order valence-corrected chi connectivity index (χ3v) is 4.57. The lowest BCUT2D eigenvalue weighted by molar-refractivity contribution is 0.102. The van der Waals surface area contributed by atoms with Gasteiger partial charge in [0, 0.05) is 30.0 Å². The van der Waals surface area contributed by atoms with Crippen LogP contribution in [0.5, 0.6) is 0 Å². The second-order valence-corrected chi connectivity index (χ2v) is 6.35. The molecule has 0 aliphatic carbocycles. The number of anilines is 2. The second-order valence-electron chi connectivity index (χ2n) is 6.35. The van der Waals surface area contributed by atoms with Crippen molar-refractivity contribution in [2.75, 3.05) is 23.3 Å². The summed E-state index contributed by atoms with van der Waals surface area (Å²) in [7, 11) is 0. The van der Waals surface area contributed by atoms with Crippen LogP contribution in [0.3, 0.4) is 0 Å². The molecule has 0 spiro atoms. The predicted octanol–water partition coefficient (Wildman–Crippen LogP) is 2.90. The van der Waals surface area contributed by atoms with E-state index in [-0.39, 0.29) is 5.91 Å². The lowest BCUT2D eigenvalue weighted by Gasteiger charge is -2.28. The molecule has 132 valence electrons. The molecule has 1 amide bonds. The van der Waals surface area contributed by atoms with Crippen LogP contribution < -0.4 is 10.2 Å². The molecule has 1 aliphatic rings. The van der Waals surface area contributed by atoms with Gasteiger partial charge in [-0.1, -0.05) is 6.07 Å². The summed E-state index contributed by atoms with van der Waals surface area (Å²) in [6.07, 6.45) is 5.30. The molecule has 1 saturated heterocycles. The normalized spacial score (nSPS) is 14.2. The first-order valence-electron chi connectivity index (χ1n) is 8.79. The van der Waals surface area contributed by atoms with E-state index in [4.69, 9.17) is 0 Å². The number of nitrogens with zero attached hydrogens (tertiary/aromatic N) is 5. The van der Waals surface area contributed by atoms with Crippen LogP contribution in [-0.4, -0.2) is 39.2 Å². The van der Waals surface area contributed by atoms with Crippen molar-refractivity contribution in [3.05, 3.63) is 60.4 Å². The molecular formula is C19H20N6O. The minimum absolute atomic E-state index is 0.161. The Labute approximate surface area is 151 Å². The minimum atomic E-state index is -0.161. The smallest absolute Gasteiger partial charge is 0.255 e. The topological polar surface area (TPSA) is 75.9 Å². The van der Waals surface area contributed by atoms with Gasteiger partial charge in [-0.2, -0.15) is 0 Å². The molecule has 7 heteroatoms. The standard InChI is InChI=1S/C19H20N6O/c26-19(15-5-4-6-18(13-15)25-14-20-22-23-25)21-16-7-9-17(10-8-16)24-11-2-1-3-12-24/h4-10,13-14H,1-3,11-12H2,(H,21,26). The fourth-order valence-corrected chi connectivity index (χ4v) is 3.18. The van der Waals surface area contributed by atoms with Crippen LogP contribution in [0.25, 0.3) is 5.69 Å². The van der Waals surface area contributed by atoms with Crippen molar-refractivity contribution in [1.29, 1.82) is 0 Å². The molecule has 1 fully saturated rings. The molecule has 2 aromatic carbocycles. The van der Waals surface area contributed by atoms with Crippen molar-refractivity contribution >= 4 is 17.3 Å². The van der Waals surface area contributed by atoms with Crippen LogP contribution in [0, 0.1) is 0 Å². The van der Waals surface area contributed by atoms with Gasteiger partial charge < -0.3 is 10.2 Å². The van der Waals surface area contributed by atoms with Crippen molar-refractivity contribution in [2.45, 2.75) is 19.3 Å². The molecule has 0 unspecified atom stereocenters. The number of aromatic nitrogens is 4. The van der Waals surface area contributed by atoms with Gasteiger partial charge >= 0.3 is 0 Å². The highest BCUT2D eigenvalue weighted by Gasteiger charge is 2.12. The molecule has 3 aromatic rings. The Morgan fingerprint density at radius 2 is 1.77 bits per heavy atom. The maximum atomic E-state index is 12.5. The lowest BCUT2D eigenvalue weighted by Crippen LogP contribution is -2.29. The fraction of sp³-hybridized carbons (Fsp3) is 0.263. The van der Waals surface area contributed by atoms with E-state index in [1.165, 1.54) is 36.0 Å². The summed E-state index contributed by atoms with van der Waals surface area (Å²) in [5, 5.41) is 14.0. The van der Waals surface area contributed by atoms with Gasteiger partial charge in [0.25, 0.3) is 5.91 Å². The molecule has 1 N–H and O–H groups in total. The van der Waals surface area contributed by atoms with E-state index in [0.717, 1.165) is 24.5 Å². The van der Waals surface area contributed by atoms with E-state index >= 15 is 0 Å². The van der Waals surface area contributed by atoms with Crippen molar-refractivity contribution in [3.8, 4) is 5.69 Å². The van der Waals surface area contributed by atoms with Crippen LogP contribution in [0.1, 0.15) is 29.6 Å². The lowest BCUT2D eigenvalue weighted by atomic mass is 10.1. The number of hydrogen-bond donors (Lipinski definition) is 1. The quantitative estimate of drug-likeness (QED) is 0.784. The van der Waals surface area contributed by atoms with Crippen LogP contribution in [-0.2, 0) is 0 Å². The number of benzene rings is 2. The Balaban J connectivity index is 1.45. The molecule has 7 nitrogen and oxygen atoms in total. The van der Waals surface area contributed by atoms with Crippen LogP contribution >= 0.6 is 0 Å². The first-order valence-corrected chi connectivity index (χ1v) is 8.79. The number of carbonyl (C=O) groups excluding carboxylic acids is 1. The van der Waals surface area contributed by atoms with E-state index in [1.807, 2.05) is 24.3 Å². The molecule has 1 aromatic heterocycles. The molecule has 4 rings (SSSR count). The number of amides is 1. The van der Waals surface area contributed by atoms with Crippen LogP contribution in [0.2, 0.25) is 0 Å². The first kappa shape index (κ1) is 16.3. The van der Waals surface area contributed by atoms with E-state index in [2.05, 4.69) is 37.9 Å². The van der Waals surface area contributed by atoms with Gasteiger partial charge in [0.2, 0.25) is 0 Å². The Morgan fingerprint density at radius 1 is 0.962 bits per heavy atom. The zero-order valence-corrected chi connectivity index (χ0v) is 14.4. The van der Waals surface area contributed by atoms with E-state index in [0.29, 0.717) is 5.56 Å². The van der Waals surface area contributed by atoms with Gasteiger partial charge in [0.1, 0.15) is 6.33 Å². The Hall–Kier alpha value is -3.22. The Morgan fingerprint density at radius 3 is 2.50 bits per heavy atom. The number of rotatable bonds is 4. The van der Waals surface area contributed by atoms with Crippen molar-refractivity contribution in [3.63, 3.8) is 0 Å². The number of nitrogens with one attached hydrogen (secondary N) is 1. The molecule has 2 heterocycles. The fourth-order valence-electron chi connectivity index (χ4n) is 3.18. The summed E-state index contributed by atoms with van der Waals surface area (Å²) in [6, 6.07) is 15.2. The highest BCUT2D eigenvalue weighted by molar-refractivity contribution is 6.04. The summed E-state index contributed by atoms with van der Waals surface area (Å²) in [4.78, 5) is 14.9. The zero-order chi connectivity index (χ0) is 17.8. The molecule has 0 radical (unpaired) electrons. The van der Waals surface area contributed by atoms with Crippen molar-refractivity contribution < 1.29 is 4.79 Å². The highest BCUT2D eigenvalue weighted by Crippen LogP contribution is 2.22. The Bertz CT molecular complexity index is 869. The molecule has 26 heavy (non-hydrogen) atoms. The zero-order valence-electron chi connectivity index (χ0n) is 14.4. The van der Waals surface area contributed by atoms with Gasteiger partial charge in [-0.15, -0.1) is 5.10 Å². The van der Waals surface area contributed by atoms with Crippen molar-refractivity contribution in [2.24, 2.45) is 0 Å². The molecule has 0 atom stereocenters. The average molecular weight is 348 g/mol. The third-order valence-electron chi connectivity index (χ3n) is 4.57. The summed E-state index contributed by atoms with van der Waals surface area (Å²) in [5.41, 5.74) is 3.29. The van der Waals surface area contributed by atoms with Gasteiger partial charge in [-0.3, -0.25) is 4.79 Å². The van der Waals surface area contributed by atoms with Gasteiger partial charge in [-0.05, 0) is 72.2 Å². The van der Waals surface area contributed by atoms with E-state index in [1.54, 1.807) is 12.1 Å². The SMILES string of the molecule is O=C(Nc1ccc(N2CCCCC2)cc1)c1cccc(-n2cnnn2)c1. The van der Waals surface area contributed by atoms with Crippen LogP contribution in [0.4, 0.5) is 11.4 Å². The van der Waals surface area contributed by atoms with E-state index in [9.17, 15) is 4.79 Å². The first-order chi connectivity index (χ1) is 12.8. The second kappa shape index (κ2) is 7.35. The van der Waals surface area contributed by atoms with Gasteiger partial charge in [0.05, 0.1) is 5.69 Å². The van der Waals surface area contributed by atoms with Gasteiger partial charge in [0.15, 0.2) is 0 Å².